The van der Waals surface area contributed by atoms with Crippen LogP contribution in [0.5, 0.6) is 0 Å². The maximum Gasteiger partial charge on any atom is 0.191 e. The molecule has 3 rings (SSSR count). The van der Waals surface area contributed by atoms with Crippen molar-refractivity contribution in [3.05, 3.63) is 11.6 Å². The second-order valence-corrected chi connectivity index (χ2v) is 6.49. The average Bonchev–Trinajstić information content (AvgIpc) is 2.98. The molecule has 1 aromatic heterocycles. The first-order valence-corrected chi connectivity index (χ1v) is 8.90. The average molecular weight is 320 g/mol. The molecule has 1 aliphatic heterocycles. The minimum atomic E-state index is -0.130. The van der Waals surface area contributed by atoms with Crippen LogP contribution in [0.2, 0.25) is 0 Å². The van der Waals surface area contributed by atoms with E-state index in [1.165, 1.54) is 12.8 Å². The van der Waals surface area contributed by atoms with E-state index < -0.39 is 0 Å². The van der Waals surface area contributed by atoms with Crippen molar-refractivity contribution in [3.63, 3.8) is 0 Å². The van der Waals surface area contributed by atoms with Gasteiger partial charge in [-0.2, -0.15) is 0 Å². The number of aromatic nitrogens is 3. The fourth-order valence-electron chi connectivity index (χ4n) is 3.37. The predicted octanol–water partition coefficient (Wildman–Crippen LogP) is 0.973. The zero-order valence-electron chi connectivity index (χ0n) is 14.0. The van der Waals surface area contributed by atoms with Gasteiger partial charge in [-0.3, -0.25) is 0 Å². The molecule has 0 amide bonds. The number of fused-ring (bicyclic) bond motifs is 1. The zero-order valence-corrected chi connectivity index (χ0v) is 14.0. The van der Waals surface area contributed by atoms with Gasteiger partial charge in [0.1, 0.15) is 12.4 Å². The van der Waals surface area contributed by atoms with Crippen LogP contribution in [0.4, 0.5) is 0 Å². The van der Waals surface area contributed by atoms with E-state index in [1.807, 2.05) is 0 Å². The highest BCUT2D eigenvalue weighted by atomic mass is 16.3. The maximum absolute atomic E-state index is 9.61. The Balaban J connectivity index is 1.61. The molecule has 0 spiro atoms. The third-order valence-electron chi connectivity index (χ3n) is 4.70. The van der Waals surface area contributed by atoms with E-state index in [0.717, 1.165) is 62.8 Å². The van der Waals surface area contributed by atoms with Gasteiger partial charge in [0.2, 0.25) is 0 Å². The second-order valence-electron chi connectivity index (χ2n) is 6.49. The molecule has 0 atom stereocenters. The number of aliphatic hydroxyl groups excluding tert-OH is 1. The van der Waals surface area contributed by atoms with Gasteiger partial charge in [-0.25, -0.2) is 4.99 Å². The number of aliphatic hydroxyl groups is 1. The van der Waals surface area contributed by atoms with Crippen molar-refractivity contribution in [2.45, 2.75) is 77.1 Å². The molecule has 3 N–H and O–H groups in total. The van der Waals surface area contributed by atoms with E-state index >= 15 is 0 Å². The van der Waals surface area contributed by atoms with Crippen molar-refractivity contribution in [1.29, 1.82) is 0 Å². The Kier molecular flexibility index (Phi) is 5.48. The highest BCUT2D eigenvalue weighted by Gasteiger charge is 2.20. The van der Waals surface area contributed by atoms with Gasteiger partial charge in [0.05, 0.1) is 6.10 Å². The van der Waals surface area contributed by atoms with Crippen LogP contribution in [0, 0.1) is 0 Å². The minimum absolute atomic E-state index is 0.130. The minimum Gasteiger partial charge on any atom is -0.393 e. The van der Waals surface area contributed by atoms with Crippen LogP contribution in [-0.4, -0.2) is 44.5 Å². The van der Waals surface area contributed by atoms with Crippen LogP contribution in [0.3, 0.4) is 0 Å². The number of guanidine groups is 1. The van der Waals surface area contributed by atoms with Crippen LogP contribution in [0.15, 0.2) is 4.99 Å². The van der Waals surface area contributed by atoms with Crippen LogP contribution < -0.4 is 10.6 Å². The summed E-state index contributed by atoms with van der Waals surface area (Å²) in [4.78, 5) is 4.69. The maximum atomic E-state index is 9.61. The highest BCUT2D eigenvalue weighted by Crippen LogP contribution is 2.18. The van der Waals surface area contributed by atoms with Crippen molar-refractivity contribution < 1.29 is 5.11 Å². The van der Waals surface area contributed by atoms with Gasteiger partial charge in [0, 0.05) is 25.6 Å². The molecule has 0 radical (unpaired) electrons. The van der Waals surface area contributed by atoms with Crippen molar-refractivity contribution in [2.75, 3.05) is 6.54 Å². The monoisotopic (exact) mass is 320 g/mol. The van der Waals surface area contributed by atoms with Crippen molar-refractivity contribution in [2.24, 2.45) is 4.99 Å². The van der Waals surface area contributed by atoms with Gasteiger partial charge in [0.25, 0.3) is 0 Å². The zero-order chi connectivity index (χ0) is 16.1. The molecular weight excluding hydrogens is 292 g/mol. The first kappa shape index (κ1) is 16.2. The summed E-state index contributed by atoms with van der Waals surface area (Å²) < 4.78 is 2.22. The van der Waals surface area contributed by atoms with Gasteiger partial charge in [0.15, 0.2) is 11.8 Å². The molecule has 0 saturated heterocycles. The number of rotatable bonds is 4. The lowest BCUT2D eigenvalue weighted by Crippen LogP contribution is -2.45. The Morgan fingerprint density at radius 3 is 2.87 bits per heavy atom. The standard InChI is InChI=1S/C16H28N6O/c1-2-17-16(19-12-6-8-13(23)9-7-12)18-11-15-21-20-14-5-3-4-10-22(14)15/h12-13,23H,2-11H2,1H3,(H2,17,18,19). The molecule has 23 heavy (non-hydrogen) atoms. The Morgan fingerprint density at radius 2 is 2.09 bits per heavy atom. The number of aryl methyl sites for hydroxylation is 1. The third kappa shape index (κ3) is 4.22. The van der Waals surface area contributed by atoms with Gasteiger partial charge in [-0.05, 0) is 45.4 Å². The lowest BCUT2D eigenvalue weighted by molar-refractivity contribution is 0.120. The molecule has 2 heterocycles. The molecule has 7 nitrogen and oxygen atoms in total. The molecule has 0 bridgehead atoms. The van der Waals surface area contributed by atoms with E-state index in [4.69, 9.17) is 0 Å². The number of nitrogens with zero attached hydrogens (tertiary/aromatic N) is 4. The number of aliphatic imine (C=N–C) groups is 1. The Bertz CT molecular complexity index is 533. The number of hydrogen-bond donors (Lipinski definition) is 3. The molecule has 1 aliphatic carbocycles. The Morgan fingerprint density at radius 1 is 1.26 bits per heavy atom. The summed E-state index contributed by atoms with van der Waals surface area (Å²) in [5, 5.41) is 25.0. The molecule has 1 fully saturated rings. The van der Waals surface area contributed by atoms with Gasteiger partial charge >= 0.3 is 0 Å². The highest BCUT2D eigenvalue weighted by molar-refractivity contribution is 5.80. The van der Waals surface area contributed by atoms with Crippen LogP contribution in [-0.2, 0) is 19.5 Å². The van der Waals surface area contributed by atoms with E-state index in [-0.39, 0.29) is 6.10 Å². The molecule has 0 aromatic carbocycles. The summed E-state index contributed by atoms with van der Waals surface area (Å²) in [6.45, 7) is 4.47. The number of nitrogens with one attached hydrogen (secondary N) is 2. The van der Waals surface area contributed by atoms with Gasteiger partial charge in [-0.15, -0.1) is 10.2 Å². The van der Waals surface area contributed by atoms with Crippen molar-refractivity contribution in [1.82, 2.24) is 25.4 Å². The summed E-state index contributed by atoms with van der Waals surface area (Å²) in [5.74, 6) is 2.89. The van der Waals surface area contributed by atoms with Gasteiger partial charge in [-0.1, -0.05) is 0 Å². The fraction of sp³-hybridized carbons (Fsp3) is 0.812. The quantitative estimate of drug-likeness (QED) is 0.568. The second kappa shape index (κ2) is 7.77. The molecule has 0 unspecified atom stereocenters. The van der Waals surface area contributed by atoms with Crippen LogP contribution in [0.1, 0.15) is 57.1 Å². The first-order valence-electron chi connectivity index (χ1n) is 8.90. The Hall–Kier alpha value is -1.63. The lowest BCUT2D eigenvalue weighted by Gasteiger charge is -2.27. The third-order valence-corrected chi connectivity index (χ3v) is 4.70. The lowest BCUT2D eigenvalue weighted by atomic mass is 9.93. The summed E-state index contributed by atoms with van der Waals surface area (Å²) in [6.07, 6.45) is 7.03. The summed E-state index contributed by atoms with van der Waals surface area (Å²) >= 11 is 0. The Labute approximate surface area is 137 Å². The van der Waals surface area contributed by atoms with Crippen molar-refractivity contribution >= 4 is 5.96 Å². The topological polar surface area (TPSA) is 87.4 Å². The molecule has 1 aromatic rings. The summed E-state index contributed by atoms with van der Waals surface area (Å²) in [6, 6.07) is 0.392. The number of hydrogen-bond acceptors (Lipinski definition) is 4. The smallest absolute Gasteiger partial charge is 0.191 e. The van der Waals surface area contributed by atoms with E-state index in [9.17, 15) is 5.11 Å². The SMILES string of the molecule is CCNC(=NCc1nnc2n1CCCC2)NC1CCC(O)CC1. The van der Waals surface area contributed by atoms with Gasteiger partial charge < -0.3 is 20.3 Å². The molecule has 7 heteroatoms. The normalized spacial score (nSPS) is 25.0. The van der Waals surface area contributed by atoms with Crippen LogP contribution in [0.25, 0.3) is 0 Å². The van der Waals surface area contributed by atoms with E-state index in [1.54, 1.807) is 0 Å². The fourth-order valence-corrected chi connectivity index (χ4v) is 3.37. The predicted molar refractivity (Wildman–Crippen MR) is 89.2 cm³/mol. The van der Waals surface area contributed by atoms with E-state index in [2.05, 4.69) is 37.3 Å². The molecule has 1 saturated carbocycles. The van der Waals surface area contributed by atoms with Crippen LogP contribution >= 0.6 is 0 Å². The molecular formula is C16H28N6O. The molecule has 2 aliphatic rings. The largest absolute Gasteiger partial charge is 0.393 e. The molecule has 128 valence electrons. The summed E-state index contributed by atoms with van der Waals surface area (Å²) in [5.41, 5.74) is 0. The summed E-state index contributed by atoms with van der Waals surface area (Å²) in [7, 11) is 0. The van der Waals surface area contributed by atoms with Crippen molar-refractivity contribution in [3.8, 4) is 0 Å². The first-order chi connectivity index (χ1) is 11.3. The van der Waals surface area contributed by atoms with E-state index in [0.29, 0.717) is 12.6 Å².